The third-order valence-electron chi connectivity index (χ3n) is 8.14. The van der Waals surface area contributed by atoms with Crippen molar-refractivity contribution >= 4 is 39.6 Å². The molecule has 1 N–H and O–H groups in total. The highest BCUT2D eigenvalue weighted by Gasteiger charge is 2.34. The zero-order chi connectivity index (χ0) is 27.1. The highest BCUT2D eigenvalue weighted by molar-refractivity contribution is 5.87. The molecule has 4 aromatic rings. The first kappa shape index (κ1) is 25.5. The maximum Gasteiger partial charge on any atom is 0.228 e. The molecule has 1 saturated heterocycles. The van der Waals surface area contributed by atoms with Crippen molar-refractivity contribution in [2.24, 2.45) is 5.92 Å². The Balaban J connectivity index is 1.41. The molecule has 6 rings (SSSR count). The van der Waals surface area contributed by atoms with Crippen LogP contribution in [0.5, 0.6) is 0 Å². The van der Waals surface area contributed by atoms with Gasteiger partial charge >= 0.3 is 0 Å². The third kappa shape index (κ3) is 4.99. The summed E-state index contributed by atoms with van der Waals surface area (Å²) in [4.78, 5) is 30.5. The molecule has 204 valence electrons. The third-order valence-corrected chi connectivity index (χ3v) is 8.14. The number of halogens is 1. The van der Waals surface area contributed by atoms with E-state index >= 15 is 0 Å². The van der Waals surface area contributed by atoms with E-state index in [2.05, 4.69) is 33.7 Å². The van der Waals surface area contributed by atoms with Gasteiger partial charge in [0.15, 0.2) is 5.82 Å². The summed E-state index contributed by atoms with van der Waals surface area (Å²) in [5.41, 5.74) is 3.50. The summed E-state index contributed by atoms with van der Waals surface area (Å²) in [6, 6.07) is 6.96. The topological polar surface area (TPSA) is 92.1 Å². The van der Waals surface area contributed by atoms with E-state index in [1.807, 2.05) is 23.4 Å². The van der Waals surface area contributed by atoms with Crippen LogP contribution in [0.4, 0.5) is 16.2 Å². The predicted molar refractivity (Wildman–Crippen MR) is 150 cm³/mol. The Labute approximate surface area is 227 Å². The highest BCUT2D eigenvalue weighted by Crippen LogP contribution is 2.44. The van der Waals surface area contributed by atoms with Crippen molar-refractivity contribution in [2.45, 2.75) is 58.5 Å². The van der Waals surface area contributed by atoms with E-state index in [1.165, 1.54) is 6.07 Å². The number of anilines is 2. The molecular weight excluding hydrogens is 495 g/mol. The molecule has 2 fully saturated rings. The van der Waals surface area contributed by atoms with Gasteiger partial charge in [-0.05, 0) is 61.4 Å². The van der Waals surface area contributed by atoms with Crippen LogP contribution in [0.15, 0.2) is 36.7 Å². The number of pyridine rings is 1. The van der Waals surface area contributed by atoms with E-state index < -0.39 is 0 Å². The Morgan fingerprint density at radius 3 is 2.51 bits per heavy atom. The fourth-order valence-electron chi connectivity index (χ4n) is 5.66. The molecule has 1 aromatic carbocycles. The smallest absolute Gasteiger partial charge is 0.228 e. The van der Waals surface area contributed by atoms with Gasteiger partial charge in [-0.15, -0.1) is 0 Å². The lowest BCUT2D eigenvalue weighted by Gasteiger charge is -2.34. The second kappa shape index (κ2) is 10.4. The van der Waals surface area contributed by atoms with Gasteiger partial charge < -0.3 is 15.1 Å². The molecule has 1 saturated carbocycles. The Morgan fingerprint density at radius 2 is 1.82 bits per heavy atom. The van der Waals surface area contributed by atoms with Gasteiger partial charge in [-0.3, -0.25) is 14.5 Å². The fourth-order valence-corrected chi connectivity index (χ4v) is 5.66. The lowest BCUT2D eigenvalue weighted by Crippen LogP contribution is -2.48. The molecule has 3 aromatic heterocycles. The van der Waals surface area contributed by atoms with Crippen LogP contribution in [-0.2, 0) is 4.79 Å². The van der Waals surface area contributed by atoms with Gasteiger partial charge in [0.25, 0.3) is 0 Å². The SMILES string of the molecule is CCC(CC)n1ncc2nc(N3CCN(C(C)=O)CC3)nc(NC(c3cnc4ccc(F)cc4c3)C3CC3)c21. The number of nitrogens with one attached hydrogen (secondary N) is 1. The van der Waals surface area contributed by atoms with Crippen molar-refractivity contribution in [1.82, 2.24) is 29.6 Å². The van der Waals surface area contributed by atoms with Crippen molar-refractivity contribution < 1.29 is 9.18 Å². The normalized spacial score (nSPS) is 16.8. The van der Waals surface area contributed by atoms with E-state index in [4.69, 9.17) is 15.1 Å². The number of nitrogens with zero attached hydrogens (tertiary/aromatic N) is 7. The van der Waals surface area contributed by atoms with Crippen molar-refractivity contribution in [3.05, 3.63) is 48.0 Å². The van der Waals surface area contributed by atoms with Crippen LogP contribution in [-0.4, -0.2) is 61.7 Å². The molecule has 1 atom stereocenters. The van der Waals surface area contributed by atoms with Crippen LogP contribution in [0, 0.1) is 11.7 Å². The number of carbonyl (C=O) groups excluding carboxylic acids is 1. The Bertz CT molecular complexity index is 1500. The van der Waals surface area contributed by atoms with E-state index in [9.17, 15) is 9.18 Å². The second-order valence-electron chi connectivity index (χ2n) is 10.7. The Hall–Kier alpha value is -3.82. The largest absolute Gasteiger partial charge is 0.361 e. The zero-order valence-corrected chi connectivity index (χ0v) is 22.8. The Morgan fingerprint density at radius 1 is 1.05 bits per heavy atom. The van der Waals surface area contributed by atoms with Crippen LogP contribution >= 0.6 is 0 Å². The molecule has 1 amide bonds. The molecule has 39 heavy (non-hydrogen) atoms. The minimum Gasteiger partial charge on any atom is -0.361 e. The number of aromatic nitrogens is 5. The molecular formula is C29H35FN8O. The first-order valence-electron chi connectivity index (χ1n) is 14.0. The number of amides is 1. The van der Waals surface area contributed by atoms with E-state index in [0.717, 1.165) is 59.0 Å². The molecule has 1 unspecified atom stereocenters. The quantitative estimate of drug-likeness (QED) is 0.339. The molecule has 1 aliphatic carbocycles. The van der Waals surface area contributed by atoms with Crippen LogP contribution in [0.2, 0.25) is 0 Å². The van der Waals surface area contributed by atoms with Gasteiger partial charge in [-0.2, -0.15) is 10.1 Å². The van der Waals surface area contributed by atoms with Crippen molar-refractivity contribution in [3.8, 4) is 0 Å². The molecule has 0 spiro atoms. The van der Waals surface area contributed by atoms with Gasteiger partial charge in [-0.1, -0.05) is 13.8 Å². The second-order valence-corrected chi connectivity index (χ2v) is 10.7. The van der Waals surface area contributed by atoms with Crippen LogP contribution in [0.3, 0.4) is 0 Å². The number of fused-ring (bicyclic) bond motifs is 2. The first-order valence-corrected chi connectivity index (χ1v) is 14.0. The summed E-state index contributed by atoms with van der Waals surface area (Å²) in [7, 11) is 0. The fraction of sp³-hybridized carbons (Fsp3) is 0.483. The van der Waals surface area contributed by atoms with E-state index in [-0.39, 0.29) is 23.8 Å². The molecule has 0 bridgehead atoms. The minimum absolute atomic E-state index is 0.0178. The first-order chi connectivity index (χ1) is 18.9. The van der Waals surface area contributed by atoms with Gasteiger partial charge in [0, 0.05) is 44.7 Å². The molecule has 0 radical (unpaired) electrons. The number of hydrogen-bond acceptors (Lipinski definition) is 7. The van der Waals surface area contributed by atoms with Gasteiger partial charge in [0.1, 0.15) is 16.9 Å². The maximum atomic E-state index is 14.0. The minimum atomic E-state index is -0.265. The van der Waals surface area contributed by atoms with Gasteiger partial charge in [-0.25, -0.2) is 9.37 Å². The maximum absolute atomic E-state index is 14.0. The average Bonchev–Trinajstić information content (AvgIpc) is 3.71. The number of benzene rings is 1. The predicted octanol–water partition coefficient (Wildman–Crippen LogP) is 5.11. The highest BCUT2D eigenvalue weighted by atomic mass is 19.1. The Kier molecular flexibility index (Phi) is 6.78. The van der Waals surface area contributed by atoms with Crippen LogP contribution in [0.25, 0.3) is 21.9 Å². The van der Waals surface area contributed by atoms with Crippen molar-refractivity contribution in [3.63, 3.8) is 0 Å². The van der Waals surface area contributed by atoms with E-state index in [1.54, 1.807) is 19.1 Å². The molecule has 2 aliphatic rings. The average molecular weight is 531 g/mol. The standard InChI is InChI=1S/C29H35FN8O/c1-4-23(5-2)38-27-25(17-32-38)33-29(37-12-10-36(11-13-37)18(3)39)35-28(27)34-26(19-6-7-19)21-14-20-15-22(30)8-9-24(20)31-16-21/h8-9,14-17,19,23,26H,4-7,10-13H2,1-3H3,(H,33,34,35). The van der Waals surface area contributed by atoms with Crippen molar-refractivity contribution in [1.29, 1.82) is 0 Å². The van der Waals surface area contributed by atoms with Crippen molar-refractivity contribution in [2.75, 3.05) is 36.4 Å². The van der Waals surface area contributed by atoms with Gasteiger partial charge in [0.2, 0.25) is 11.9 Å². The molecule has 1 aliphatic heterocycles. The number of hydrogen-bond donors (Lipinski definition) is 1. The number of rotatable bonds is 8. The lowest BCUT2D eigenvalue weighted by molar-refractivity contribution is -0.129. The lowest BCUT2D eigenvalue weighted by atomic mass is 10.0. The summed E-state index contributed by atoms with van der Waals surface area (Å²) in [6.45, 7) is 8.61. The van der Waals surface area contributed by atoms with Crippen LogP contribution in [0.1, 0.15) is 64.1 Å². The van der Waals surface area contributed by atoms with Crippen LogP contribution < -0.4 is 10.2 Å². The summed E-state index contributed by atoms with van der Waals surface area (Å²) in [5.74, 6) is 1.67. The zero-order valence-electron chi connectivity index (χ0n) is 22.8. The molecule has 9 nitrogen and oxygen atoms in total. The van der Waals surface area contributed by atoms with Gasteiger partial charge in [0.05, 0.1) is 23.8 Å². The van der Waals surface area contributed by atoms with E-state index in [0.29, 0.717) is 38.0 Å². The molecule has 10 heteroatoms. The summed E-state index contributed by atoms with van der Waals surface area (Å²) < 4.78 is 16.1. The number of piperazine rings is 1. The number of carbonyl (C=O) groups is 1. The summed E-state index contributed by atoms with van der Waals surface area (Å²) in [5, 5.41) is 9.33. The monoisotopic (exact) mass is 530 g/mol. The molecule has 4 heterocycles. The summed E-state index contributed by atoms with van der Waals surface area (Å²) in [6.07, 6.45) is 7.86. The summed E-state index contributed by atoms with van der Waals surface area (Å²) >= 11 is 0.